The van der Waals surface area contributed by atoms with Gasteiger partial charge in [0.2, 0.25) is 5.91 Å². The second kappa shape index (κ2) is 8.91. The lowest BCUT2D eigenvalue weighted by Gasteiger charge is -2.15. The van der Waals surface area contributed by atoms with Crippen LogP contribution in [0.3, 0.4) is 0 Å². The van der Waals surface area contributed by atoms with Crippen LogP contribution < -0.4 is 16.6 Å². The summed E-state index contributed by atoms with van der Waals surface area (Å²) < 4.78 is 6.85. The normalized spacial score (nSPS) is 10.7. The topological polar surface area (TPSA) is 112 Å². The van der Waals surface area contributed by atoms with Gasteiger partial charge in [-0.25, -0.2) is 23.7 Å². The highest BCUT2D eigenvalue weighted by Gasteiger charge is 2.23. The first-order chi connectivity index (χ1) is 15.9. The third kappa shape index (κ3) is 4.16. The van der Waals surface area contributed by atoms with Crippen molar-refractivity contribution in [2.45, 2.75) is 13.5 Å². The third-order valence-corrected chi connectivity index (χ3v) is 5.00. The number of aryl methyl sites for hydroxylation is 1. The average Bonchev–Trinajstić information content (AvgIpc) is 2.82. The van der Waals surface area contributed by atoms with Crippen LogP contribution in [0, 0.1) is 6.92 Å². The number of nitrogens with one attached hydrogen (secondary N) is 1. The fourth-order valence-corrected chi connectivity index (χ4v) is 3.55. The van der Waals surface area contributed by atoms with Crippen LogP contribution in [-0.2, 0) is 16.1 Å². The molecule has 1 amide bonds. The molecule has 0 saturated heterocycles. The van der Waals surface area contributed by atoms with Gasteiger partial charge in [-0.15, -0.1) is 0 Å². The van der Waals surface area contributed by atoms with Crippen molar-refractivity contribution >= 4 is 28.6 Å². The van der Waals surface area contributed by atoms with E-state index < -0.39 is 29.7 Å². The number of hydrogen-bond acceptors (Lipinski definition) is 6. The molecule has 0 aliphatic carbocycles. The van der Waals surface area contributed by atoms with E-state index in [9.17, 15) is 19.2 Å². The molecule has 0 unspecified atom stereocenters. The number of amides is 1. The predicted molar refractivity (Wildman–Crippen MR) is 123 cm³/mol. The number of rotatable bonds is 5. The van der Waals surface area contributed by atoms with E-state index in [0.29, 0.717) is 17.1 Å². The Balaban J connectivity index is 1.98. The Hall–Kier alpha value is -4.53. The lowest BCUT2D eigenvalue weighted by Crippen LogP contribution is -2.43. The summed E-state index contributed by atoms with van der Waals surface area (Å²) in [5, 5.41) is 2.55. The van der Waals surface area contributed by atoms with Crippen molar-refractivity contribution < 1.29 is 14.3 Å². The summed E-state index contributed by atoms with van der Waals surface area (Å²) in [7, 11) is 1.20. The van der Waals surface area contributed by atoms with E-state index in [0.717, 1.165) is 4.57 Å². The van der Waals surface area contributed by atoms with Crippen LogP contribution in [0.25, 0.3) is 16.7 Å². The molecule has 0 radical (unpaired) electrons. The molecule has 1 N–H and O–H groups in total. The summed E-state index contributed by atoms with van der Waals surface area (Å²) in [6, 6.07) is 18.6. The minimum Gasteiger partial charge on any atom is -0.465 e. The van der Waals surface area contributed by atoms with Gasteiger partial charge in [0.1, 0.15) is 6.54 Å². The number of nitrogens with zero attached hydrogens (tertiary/aromatic N) is 3. The van der Waals surface area contributed by atoms with Crippen LogP contribution >= 0.6 is 0 Å². The van der Waals surface area contributed by atoms with Crippen LogP contribution in [0.4, 0.5) is 5.69 Å². The van der Waals surface area contributed by atoms with Crippen molar-refractivity contribution in [3.63, 3.8) is 0 Å². The first kappa shape index (κ1) is 21.7. The number of carbonyl (C=O) groups is 2. The van der Waals surface area contributed by atoms with E-state index in [1.807, 2.05) is 0 Å². The van der Waals surface area contributed by atoms with Gasteiger partial charge in [-0.2, -0.15) is 0 Å². The second-order valence-corrected chi connectivity index (χ2v) is 7.26. The molecular formula is C24H20N4O5. The van der Waals surface area contributed by atoms with Crippen LogP contribution in [-0.4, -0.2) is 33.1 Å². The highest BCUT2D eigenvalue weighted by molar-refractivity contribution is 6.02. The molecular weight excluding hydrogens is 424 g/mol. The van der Waals surface area contributed by atoms with E-state index in [4.69, 9.17) is 4.74 Å². The van der Waals surface area contributed by atoms with Crippen molar-refractivity contribution in [3.8, 4) is 5.69 Å². The van der Waals surface area contributed by atoms with Crippen molar-refractivity contribution in [1.29, 1.82) is 0 Å². The zero-order valence-corrected chi connectivity index (χ0v) is 17.9. The molecule has 2 aromatic heterocycles. The van der Waals surface area contributed by atoms with Gasteiger partial charge in [0, 0.05) is 11.4 Å². The van der Waals surface area contributed by atoms with Crippen molar-refractivity contribution in [2.75, 3.05) is 12.4 Å². The molecule has 4 aromatic rings. The van der Waals surface area contributed by atoms with Crippen molar-refractivity contribution in [2.24, 2.45) is 0 Å². The smallest absolute Gasteiger partial charge is 0.338 e. The molecule has 9 nitrogen and oxygen atoms in total. The SMILES string of the molecule is COC(=O)c1cc(C)nc2c1c(=O)n(CC(=O)Nc1ccccc1)c(=O)n2-c1ccccc1. The Labute approximate surface area is 187 Å². The first-order valence-corrected chi connectivity index (χ1v) is 10.1. The summed E-state index contributed by atoms with van der Waals surface area (Å²) in [5.74, 6) is -1.32. The predicted octanol–water partition coefficient (Wildman–Crippen LogP) is 2.28. The molecule has 33 heavy (non-hydrogen) atoms. The molecule has 0 aliphatic heterocycles. The Morgan fingerprint density at radius 3 is 2.27 bits per heavy atom. The van der Waals surface area contributed by atoms with E-state index in [1.165, 1.54) is 17.7 Å². The van der Waals surface area contributed by atoms with Gasteiger partial charge in [-0.1, -0.05) is 36.4 Å². The Kier molecular flexibility index (Phi) is 5.86. The number of esters is 1. The summed E-state index contributed by atoms with van der Waals surface area (Å²) in [6.45, 7) is 1.09. The Bertz CT molecular complexity index is 1470. The number of ether oxygens (including phenoxy) is 1. The maximum atomic E-state index is 13.4. The zero-order chi connectivity index (χ0) is 23.5. The van der Waals surface area contributed by atoms with E-state index >= 15 is 0 Å². The number of anilines is 1. The molecule has 2 aromatic carbocycles. The molecule has 0 atom stereocenters. The highest BCUT2D eigenvalue weighted by Crippen LogP contribution is 2.18. The number of fused-ring (bicyclic) bond motifs is 1. The van der Waals surface area contributed by atoms with Gasteiger partial charge in [0.05, 0.1) is 23.7 Å². The standard InChI is InChI=1S/C24H20N4O5/c1-15-13-18(23(31)33-2)20-21(25-15)28(17-11-7-4-8-12-17)24(32)27(22(20)30)14-19(29)26-16-9-5-3-6-10-16/h3-13H,14H2,1-2H3,(H,26,29). The number of para-hydroxylation sites is 2. The summed E-state index contributed by atoms with van der Waals surface area (Å²) in [6.07, 6.45) is 0. The number of pyridine rings is 1. The number of hydrogen-bond donors (Lipinski definition) is 1. The van der Waals surface area contributed by atoms with E-state index in [-0.39, 0.29) is 16.6 Å². The molecule has 0 saturated carbocycles. The van der Waals surface area contributed by atoms with Gasteiger partial charge in [-0.05, 0) is 37.3 Å². The fourth-order valence-electron chi connectivity index (χ4n) is 3.55. The molecule has 2 heterocycles. The van der Waals surface area contributed by atoms with Crippen LogP contribution in [0.15, 0.2) is 76.3 Å². The molecule has 0 bridgehead atoms. The molecule has 9 heteroatoms. The molecule has 166 valence electrons. The molecule has 0 aliphatic rings. The minimum absolute atomic E-state index is 0.0105. The Morgan fingerprint density at radius 2 is 1.64 bits per heavy atom. The monoisotopic (exact) mass is 444 g/mol. The van der Waals surface area contributed by atoms with Crippen LogP contribution in [0.5, 0.6) is 0 Å². The lowest BCUT2D eigenvalue weighted by molar-refractivity contribution is -0.116. The first-order valence-electron chi connectivity index (χ1n) is 10.1. The summed E-state index contributed by atoms with van der Waals surface area (Å²) >= 11 is 0. The molecule has 0 spiro atoms. The number of benzene rings is 2. The summed E-state index contributed by atoms with van der Waals surface area (Å²) in [4.78, 5) is 56.4. The number of methoxy groups -OCH3 is 1. The third-order valence-electron chi connectivity index (χ3n) is 5.00. The van der Waals surface area contributed by atoms with Crippen LogP contribution in [0.1, 0.15) is 16.1 Å². The van der Waals surface area contributed by atoms with Gasteiger partial charge in [0.25, 0.3) is 5.56 Å². The van der Waals surface area contributed by atoms with Crippen LogP contribution in [0.2, 0.25) is 0 Å². The summed E-state index contributed by atoms with van der Waals surface area (Å²) in [5.41, 5.74) is -0.214. The Morgan fingerprint density at radius 1 is 1.00 bits per heavy atom. The average molecular weight is 444 g/mol. The maximum Gasteiger partial charge on any atom is 0.338 e. The highest BCUT2D eigenvalue weighted by atomic mass is 16.5. The largest absolute Gasteiger partial charge is 0.465 e. The van der Waals surface area contributed by atoms with Crippen molar-refractivity contribution in [1.82, 2.24) is 14.1 Å². The maximum absolute atomic E-state index is 13.4. The van der Waals surface area contributed by atoms with Gasteiger partial charge in [0.15, 0.2) is 5.65 Å². The fraction of sp³-hybridized carbons (Fsp3) is 0.125. The van der Waals surface area contributed by atoms with E-state index in [1.54, 1.807) is 67.6 Å². The van der Waals surface area contributed by atoms with Gasteiger partial charge >= 0.3 is 11.7 Å². The number of carbonyl (C=O) groups excluding carboxylic acids is 2. The van der Waals surface area contributed by atoms with Crippen molar-refractivity contribution in [3.05, 3.63) is 98.8 Å². The number of aromatic nitrogens is 3. The quantitative estimate of drug-likeness (QED) is 0.473. The lowest BCUT2D eigenvalue weighted by atomic mass is 10.1. The molecule has 4 rings (SSSR count). The van der Waals surface area contributed by atoms with Gasteiger partial charge in [-0.3, -0.25) is 9.59 Å². The second-order valence-electron chi connectivity index (χ2n) is 7.26. The minimum atomic E-state index is -0.807. The van der Waals surface area contributed by atoms with Gasteiger partial charge < -0.3 is 10.1 Å². The molecule has 0 fully saturated rings. The van der Waals surface area contributed by atoms with E-state index in [2.05, 4.69) is 10.3 Å². The zero-order valence-electron chi connectivity index (χ0n) is 17.9.